The Labute approximate surface area is 171 Å². The molecule has 148 valence electrons. The van der Waals surface area contributed by atoms with Gasteiger partial charge in [-0.1, -0.05) is 97.1 Å². The number of rotatable bonds is 6. The fraction of sp³-hybridized carbons (Fsp3) is 0.167. The van der Waals surface area contributed by atoms with E-state index < -0.39 is 27.4 Å². The highest BCUT2D eigenvalue weighted by Gasteiger charge is 2.31. The Bertz CT molecular complexity index is 1190. The van der Waals surface area contributed by atoms with Crippen LogP contribution in [0.1, 0.15) is 29.6 Å². The summed E-state index contributed by atoms with van der Waals surface area (Å²) in [6, 6.07) is 25.8. The van der Waals surface area contributed by atoms with Crippen molar-refractivity contribution in [2.24, 2.45) is 5.73 Å². The molecule has 0 radical (unpaired) electrons. The molecule has 0 saturated carbocycles. The van der Waals surface area contributed by atoms with Gasteiger partial charge in [0.1, 0.15) is 0 Å². The highest BCUT2D eigenvalue weighted by molar-refractivity contribution is 7.90. The van der Waals surface area contributed by atoms with Gasteiger partial charge in [0.25, 0.3) is 0 Å². The molecular formula is C24H24N2O2S. The monoisotopic (exact) mass is 404 g/mol. The summed E-state index contributed by atoms with van der Waals surface area (Å²) in [5.74, 6) is 0. The van der Waals surface area contributed by atoms with E-state index in [1.165, 1.54) is 0 Å². The van der Waals surface area contributed by atoms with Gasteiger partial charge in [-0.15, -0.1) is 0 Å². The third kappa shape index (κ3) is 4.32. The fourth-order valence-corrected chi connectivity index (χ4v) is 5.20. The van der Waals surface area contributed by atoms with Crippen molar-refractivity contribution >= 4 is 22.2 Å². The molecule has 3 N–H and O–H groups in total. The van der Waals surface area contributed by atoms with Crippen LogP contribution in [0, 0.1) is 0 Å². The summed E-state index contributed by atoms with van der Waals surface area (Å²) in [6.07, 6.45) is 4.25. The van der Waals surface area contributed by atoms with Gasteiger partial charge in [0.2, 0.25) is 10.0 Å². The minimum Gasteiger partial charge on any atom is -0.322 e. The second-order valence-corrected chi connectivity index (χ2v) is 9.19. The van der Waals surface area contributed by atoms with Crippen molar-refractivity contribution in [3.05, 3.63) is 106 Å². The van der Waals surface area contributed by atoms with Crippen molar-refractivity contribution in [2.45, 2.75) is 23.8 Å². The molecule has 29 heavy (non-hydrogen) atoms. The average molecular weight is 405 g/mol. The van der Waals surface area contributed by atoms with E-state index in [2.05, 4.69) is 4.72 Å². The van der Waals surface area contributed by atoms with Crippen LogP contribution in [-0.4, -0.2) is 13.7 Å². The van der Waals surface area contributed by atoms with Crippen LogP contribution in [0.15, 0.2) is 84.9 Å². The molecule has 0 aromatic heterocycles. The quantitative estimate of drug-likeness (QED) is 0.663. The molecule has 1 aliphatic rings. The number of nitrogens with two attached hydrogens (primary N) is 1. The van der Waals surface area contributed by atoms with E-state index in [0.29, 0.717) is 6.42 Å². The van der Waals surface area contributed by atoms with E-state index in [9.17, 15) is 8.42 Å². The summed E-state index contributed by atoms with van der Waals surface area (Å²) in [4.78, 5) is 0. The van der Waals surface area contributed by atoms with Gasteiger partial charge in [0, 0.05) is 0 Å². The molecule has 0 fully saturated rings. The van der Waals surface area contributed by atoms with Gasteiger partial charge in [0.15, 0.2) is 0 Å². The van der Waals surface area contributed by atoms with Gasteiger partial charge in [-0.05, 0) is 28.0 Å². The van der Waals surface area contributed by atoms with Gasteiger partial charge >= 0.3 is 0 Å². The summed E-state index contributed by atoms with van der Waals surface area (Å²) in [7, 11) is -3.64. The molecule has 0 aliphatic heterocycles. The molecular weight excluding hydrogens is 380 g/mol. The molecule has 5 heteroatoms. The van der Waals surface area contributed by atoms with Crippen molar-refractivity contribution in [2.75, 3.05) is 0 Å². The Morgan fingerprint density at radius 1 is 0.793 bits per heavy atom. The van der Waals surface area contributed by atoms with Gasteiger partial charge < -0.3 is 5.73 Å². The zero-order valence-corrected chi connectivity index (χ0v) is 16.8. The van der Waals surface area contributed by atoms with Crippen molar-refractivity contribution < 1.29 is 8.42 Å². The fourth-order valence-electron chi connectivity index (χ4n) is 3.72. The minimum atomic E-state index is -3.64. The van der Waals surface area contributed by atoms with Crippen LogP contribution in [-0.2, 0) is 10.0 Å². The summed E-state index contributed by atoms with van der Waals surface area (Å²) in [5, 5.41) is 1.38. The normalized spacial score (nSPS) is 18.0. The van der Waals surface area contributed by atoms with Crippen LogP contribution >= 0.6 is 0 Å². The Morgan fingerprint density at radius 3 is 2.00 bits per heavy atom. The van der Waals surface area contributed by atoms with Crippen LogP contribution in [0.4, 0.5) is 0 Å². The minimum absolute atomic E-state index is 0.439. The topological polar surface area (TPSA) is 72.2 Å². The Morgan fingerprint density at radius 2 is 1.34 bits per heavy atom. The molecule has 0 amide bonds. The number of benzene rings is 3. The third-order valence-electron chi connectivity index (χ3n) is 5.32. The van der Waals surface area contributed by atoms with E-state index in [1.807, 2.05) is 97.1 Å². The molecule has 3 aromatic carbocycles. The SMILES string of the molecule is N[C@H](c1ccccc1)[C@H](NS(=O)(=O)C1C=c2ccccc2=CC1)c1ccccc1. The van der Waals surface area contributed by atoms with E-state index in [4.69, 9.17) is 5.73 Å². The predicted molar refractivity (Wildman–Crippen MR) is 118 cm³/mol. The maximum absolute atomic E-state index is 13.3. The molecule has 0 spiro atoms. The van der Waals surface area contributed by atoms with Crippen LogP contribution in [0.2, 0.25) is 0 Å². The molecule has 1 aliphatic carbocycles. The lowest BCUT2D eigenvalue weighted by atomic mass is 9.95. The standard InChI is InChI=1S/C24H24N2O2S/c25-23(19-10-3-1-4-11-19)24(20-12-5-2-6-13-20)26-29(27,28)22-16-15-18-9-7-8-14-21(18)17-22/h1-15,17,22-24,26H,16,25H2/t22?,23-,24-/m1/s1. The van der Waals surface area contributed by atoms with Gasteiger partial charge in [0.05, 0.1) is 17.3 Å². The van der Waals surface area contributed by atoms with Gasteiger partial charge in [-0.2, -0.15) is 0 Å². The predicted octanol–water partition coefficient (Wildman–Crippen LogP) is 2.38. The number of hydrogen-bond donors (Lipinski definition) is 2. The first-order valence-electron chi connectivity index (χ1n) is 9.68. The lowest BCUT2D eigenvalue weighted by Gasteiger charge is -2.28. The molecule has 4 nitrogen and oxygen atoms in total. The van der Waals surface area contributed by atoms with E-state index in [1.54, 1.807) is 0 Å². The van der Waals surface area contributed by atoms with Crippen LogP contribution in [0.25, 0.3) is 12.2 Å². The van der Waals surface area contributed by atoms with Crippen molar-refractivity contribution in [1.82, 2.24) is 4.72 Å². The van der Waals surface area contributed by atoms with Gasteiger partial charge in [-0.3, -0.25) is 0 Å². The van der Waals surface area contributed by atoms with Crippen molar-refractivity contribution in [3.8, 4) is 0 Å². The largest absolute Gasteiger partial charge is 0.322 e. The lowest BCUT2D eigenvalue weighted by molar-refractivity contribution is 0.501. The number of sulfonamides is 1. The van der Waals surface area contributed by atoms with Crippen LogP contribution < -0.4 is 20.9 Å². The lowest BCUT2D eigenvalue weighted by Crippen LogP contribution is -2.42. The third-order valence-corrected chi connectivity index (χ3v) is 7.03. The highest BCUT2D eigenvalue weighted by Crippen LogP contribution is 2.28. The Hall–Kier alpha value is -2.73. The molecule has 0 heterocycles. The summed E-state index contributed by atoms with van der Waals surface area (Å²) < 4.78 is 29.5. The summed E-state index contributed by atoms with van der Waals surface area (Å²) in [5.41, 5.74) is 8.26. The van der Waals surface area contributed by atoms with Crippen molar-refractivity contribution in [3.63, 3.8) is 0 Å². The number of nitrogens with one attached hydrogen (secondary N) is 1. The average Bonchev–Trinajstić information content (AvgIpc) is 2.78. The maximum Gasteiger partial charge on any atom is 0.219 e. The van der Waals surface area contributed by atoms with Crippen LogP contribution in [0.5, 0.6) is 0 Å². The molecule has 3 atom stereocenters. The molecule has 4 rings (SSSR count). The molecule has 3 aromatic rings. The molecule has 1 unspecified atom stereocenters. The summed E-state index contributed by atoms with van der Waals surface area (Å²) in [6.45, 7) is 0. The van der Waals surface area contributed by atoms with Crippen molar-refractivity contribution in [1.29, 1.82) is 0 Å². The molecule has 0 bridgehead atoms. The zero-order chi connectivity index (χ0) is 20.3. The van der Waals surface area contributed by atoms with E-state index >= 15 is 0 Å². The second kappa shape index (κ2) is 8.33. The highest BCUT2D eigenvalue weighted by atomic mass is 32.2. The second-order valence-electron chi connectivity index (χ2n) is 7.26. The number of hydrogen-bond acceptors (Lipinski definition) is 3. The Kier molecular flexibility index (Phi) is 5.62. The van der Waals surface area contributed by atoms with Gasteiger partial charge in [-0.25, -0.2) is 13.1 Å². The molecule has 0 saturated heterocycles. The van der Waals surface area contributed by atoms with E-state index in [0.717, 1.165) is 21.6 Å². The first-order valence-corrected chi connectivity index (χ1v) is 11.2. The summed E-state index contributed by atoms with van der Waals surface area (Å²) >= 11 is 0. The smallest absolute Gasteiger partial charge is 0.219 e. The number of fused-ring (bicyclic) bond motifs is 1. The zero-order valence-electron chi connectivity index (χ0n) is 16.0. The maximum atomic E-state index is 13.3. The van der Waals surface area contributed by atoms with Crippen LogP contribution in [0.3, 0.4) is 0 Å². The Balaban J connectivity index is 1.68. The first kappa shape index (κ1) is 19.6. The first-order chi connectivity index (χ1) is 14.0. The van der Waals surface area contributed by atoms with E-state index in [-0.39, 0.29) is 0 Å².